The monoisotopic (exact) mass is 355 g/mol. The third-order valence-electron chi connectivity index (χ3n) is 4.80. The molecule has 0 amide bonds. The van der Waals surface area contributed by atoms with Crippen molar-refractivity contribution in [3.05, 3.63) is 60.2 Å². The Labute approximate surface area is 156 Å². The summed E-state index contributed by atoms with van der Waals surface area (Å²) in [5.41, 5.74) is 8.10. The van der Waals surface area contributed by atoms with Gasteiger partial charge < -0.3 is 14.8 Å². The number of likely N-dealkylation sites (N-methyl/N-ethyl adjacent to an activating group) is 1. The van der Waals surface area contributed by atoms with E-state index >= 15 is 0 Å². The Balaban J connectivity index is 1.45. The van der Waals surface area contributed by atoms with Gasteiger partial charge in [0.25, 0.3) is 0 Å². The Morgan fingerprint density at radius 3 is 2.19 bits per heavy atom. The third kappa shape index (κ3) is 4.97. The minimum atomic E-state index is 0.314. The molecule has 2 aromatic rings. The van der Waals surface area contributed by atoms with Gasteiger partial charge in [0, 0.05) is 12.6 Å². The maximum absolute atomic E-state index is 5.78. The number of ether oxygens (including phenoxy) is 2. The zero-order valence-corrected chi connectivity index (χ0v) is 15.6. The van der Waals surface area contributed by atoms with Crippen molar-refractivity contribution in [3.63, 3.8) is 0 Å². The first-order valence-corrected chi connectivity index (χ1v) is 9.40. The van der Waals surface area contributed by atoms with E-state index in [0.717, 1.165) is 24.6 Å². The molecule has 2 aromatic carbocycles. The van der Waals surface area contributed by atoms with Crippen LogP contribution in [0.1, 0.15) is 25.5 Å². The summed E-state index contributed by atoms with van der Waals surface area (Å²) in [5.74, 6) is 2.25. The molecule has 3 atom stereocenters. The number of nitrogens with one attached hydrogen (secondary N) is 3. The summed E-state index contributed by atoms with van der Waals surface area (Å²) in [7, 11) is 0. The van der Waals surface area contributed by atoms with E-state index in [4.69, 9.17) is 9.47 Å². The van der Waals surface area contributed by atoms with Gasteiger partial charge in [-0.05, 0) is 42.3 Å². The maximum Gasteiger partial charge on any atom is 0.122 e. The van der Waals surface area contributed by atoms with Gasteiger partial charge in [-0.1, -0.05) is 44.2 Å². The van der Waals surface area contributed by atoms with E-state index in [1.807, 2.05) is 42.5 Å². The Morgan fingerprint density at radius 1 is 0.885 bits per heavy atom. The topological polar surface area (TPSA) is 54.5 Å². The lowest BCUT2D eigenvalue weighted by atomic mass is 9.91. The lowest BCUT2D eigenvalue weighted by molar-refractivity contribution is 0.217. The molecule has 5 heteroatoms. The number of hydrogen-bond donors (Lipinski definition) is 3. The van der Waals surface area contributed by atoms with Crippen molar-refractivity contribution in [1.29, 1.82) is 0 Å². The molecule has 1 saturated heterocycles. The highest BCUT2D eigenvalue weighted by Gasteiger charge is 2.32. The second-order valence-electron chi connectivity index (χ2n) is 6.62. The van der Waals surface area contributed by atoms with Crippen LogP contribution in [-0.2, 0) is 0 Å². The van der Waals surface area contributed by atoms with Crippen molar-refractivity contribution in [3.8, 4) is 11.5 Å². The molecule has 5 nitrogen and oxygen atoms in total. The van der Waals surface area contributed by atoms with Crippen molar-refractivity contribution in [2.45, 2.75) is 25.9 Å². The molecule has 140 valence electrons. The van der Waals surface area contributed by atoms with E-state index in [2.05, 4.69) is 42.1 Å². The van der Waals surface area contributed by atoms with Crippen molar-refractivity contribution >= 4 is 0 Å². The van der Waals surface area contributed by atoms with Gasteiger partial charge in [-0.15, -0.1) is 0 Å². The van der Waals surface area contributed by atoms with Gasteiger partial charge in [-0.2, -0.15) is 0 Å². The first-order chi connectivity index (χ1) is 12.8. The summed E-state index contributed by atoms with van der Waals surface area (Å²) >= 11 is 0. The Bertz CT molecular complexity index is 648. The maximum atomic E-state index is 5.78. The summed E-state index contributed by atoms with van der Waals surface area (Å²) in [6.07, 6.45) is 0. The average molecular weight is 355 g/mol. The summed E-state index contributed by atoms with van der Waals surface area (Å²) in [4.78, 5) is 0. The van der Waals surface area contributed by atoms with Crippen LogP contribution in [0, 0.1) is 5.92 Å². The van der Waals surface area contributed by atoms with Crippen LogP contribution in [0.4, 0.5) is 0 Å². The highest BCUT2D eigenvalue weighted by Crippen LogP contribution is 2.29. The van der Waals surface area contributed by atoms with Gasteiger partial charge in [0.1, 0.15) is 24.7 Å². The van der Waals surface area contributed by atoms with Crippen LogP contribution in [0.3, 0.4) is 0 Å². The fourth-order valence-electron chi connectivity index (χ4n) is 3.22. The molecule has 0 radical (unpaired) electrons. The summed E-state index contributed by atoms with van der Waals surface area (Å²) in [6, 6.07) is 18.9. The molecule has 26 heavy (non-hydrogen) atoms. The van der Waals surface area contributed by atoms with E-state index < -0.39 is 0 Å². The Kier molecular flexibility index (Phi) is 6.89. The normalized spacial score (nSPS) is 22.3. The van der Waals surface area contributed by atoms with Crippen LogP contribution in [-0.4, -0.2) is 32.3 Å². The van der Waals surface area contributed by atoms with Gasteiger partial charge >= 0.3 is 0 Å². The predicted molar refractivity (Wildman–Crippen MR) is 104 cm³/mol. The Morgan fingerprint density at radius 2 is 1.54 bits per heavy atom. The van der Waals surface area contributed by atoms with Gasteiger partial charge in [0.15, 0.2) is 0 Å². The highest BCUT2D eigenvalue weighted by molar-refractivity contribution is 5.30. The summed E-state index contributed by atoms with van der Waals surface area (Å²) < 4.78 is 11.4. The van der Waals surface area contributed by atoms with E-state index in [0.29, 0.717) is 31.2 Å². The zero-order valence-electron chi connectivity index (χ0n) is 15.6. The fourth-order valence-corrected chi connectivity index (χ4v) is 3.22. The van der Waals surface area contributed by atoms with Crippen LogP contribution in [0.15, 0.2) is 54.6 Å². The van der Waals surface area contributed by atoms with Gasteiger partial charge in [0.2, 0.25) is 0 Å². The molecule has 1 heterocycles. The molecular weight excluding hydrogens is 326 g/mol. The van der Waals surface area contributed by atoms with Gasteiger partial charge in [-0.3, -0.25) is 5.43 Å². The van der Waals surface area contributed by atoms with Gasteiger partial charge in [0.05, 0.1) is 6.04 Å². The number of para-hydroxylation sites is 1. The molecule has 1 aliphatic heterocycles. The highest BCUT2D eigenvalue weighted by atomic mass is 16.5. The second kappa shape index (κ2) is 9.57. The van der Waals surface area contributed by atoms with E-state index in [9.17, 15) is 0 Å². The van der Waals surface area contributed by atoms with Crippen molar-refractivity contribution in [1.82, 2.24) is 16.2 Å². The first kappa shape index (κ1) is 18.7. The van der Waals surface area contributed by atoms with Crippen LogP contribution in [0.2, 0.25) is 0 Å². The SMILES string of the molecule is CCNCC1NNC(c2ccc(OCCOc3ccccc3)cc2)C1C. The van der Waals surface area contributed by atoms with Crippen LogP contribution >= 0.6 is 0 Å². The number of hydrazine groups is 1. The quantitative estimate of drug-likeness (QED) is 0.604. The minimum absolute atomic E-state index is 0.314. The zero-order chi connectivity index (χ0) is 18.2. The van der Waals surface area contributed by atoms with Crippen LogP contribution in [0.25, 0.3) is 0 Å². The second-order valence-corrected chi connectivity index (χ2v) is 6.62. The molecule has 0 bridgehead atoms. The first-order valence-electron chi connectivity index (χ1n) is 9.40. The van der Waals surface area contributed by atoms with E-state index in [1.54, 1.807) is 0 Å². The average Bonchev–Trinajstić information content (AvgIpc) is 3.05. The van der Waals surface area contributed by atoms with Crippen LogP contribution < -0.4 is 25.6 Å². The van der Waals surface area contributed by atoms with Crippen LogP contribution in [0.5, 0.6) is 11.5 Å². The van der Waals surface area contributed by atoms with Crippen molar-refractivity contribution in [2.75, 3.05) is 26.3 Å². The lowest BCUT2D eigenvalue weighted by Crippen LogP contribution is -2.39. The van der Waals surface area contributed by atoms with Crippen molar-refractivity contribution in [2.24, 2.45) is 5.92 Å². The van der Waals surface area contributed by atoms with E-state index in [1.165, 1.54) is 5.56 Å². The molecule has 3 rings (SSSR count). The lowest BCUT2D eigenvalue weighted by Gasteiger charge is -2.19. The molecule has 3 unspecified atom stereocenters. The van der Waals surface area contributed by atoms with Gasteiger partial charge in [-0.25, -0.2) is 5.43 Å². The standard InChI is InChI=1S/C21H29N3O2/c1-3-22-15-20-16(2)21(24-23-20)17-9-11-19(12-10-17)26-14-13-25-18-7-5-4-6-8-18/h4-12,16,20-24H,3,13-15H2,1-2H3. The largest absolute Gasteiger partial charge is 0.490 e. The molecule has 1 fully saturated rings. The molecule has 0 spiro atoms. The molecule has 0 aliphatic carbocycles. The summed E-state index contributed by atoms with van der Waals surface area (Å²) in [5, 5.41) is 3.41. The summed E-state index contributed by atoms with van der Waals surface area (Å²) in [6.45, 7) is 7.44. The molecule has 1 aliphatic rings. The smallest absolute Gasteiger partial charge is 0.122 e. The van der Waals surface area contributed by atoms with Crippen molar-refractivity contribution < 1.29 is 9.47 Å². The number of benzene rings is 2. The number of rotatable bonds is 9. The molecular formula is C21H29N3O2. The predicted octanol–water partition coefficient (Wildman–Crippen LogP) is 2.91. The molecule has 0 saturated carbocycles. The molecule has 3 N–H and O–H groups in total. The third-order valence-corrected chi connectivity index (χ3v) is 4.80. The number of hydrogen-bond acceptors (Lipinski definition) is 5. The Hall–Kier alpha value is -2.08. The van der Waals surface area contributed by atoms with E-state index in [-0.39, 0.29) is 0 Å². The minimum Gasteiger partial charge on any atom is -0.490 e. The molecule has 0 aromatic heterocycles. The fraction of sp³-hybridized carbons (Fsp3) is 0.429.